The van der Waals surface area contributed by atoms with E-state index in [1.165, 1.54) is 0 Å². The fraction of sp³-hybridized carbons (Fsp3) is 0.650. The fourth-order valence-electron chi connectivity index (χ4n) is 4.18. The van der Waals surface area contributed by atoms with Gasteiger partial charge in [0.1, 0.15) is 5.82 Å². The molecule has 0 bridgehead atoms. The molecule has 1 N–H and O–H groups in total. The van der Waals surface area contributed by atoms with Crippen molar-refractivity contribution in [1.29, 1.82) is 0 Å². The molecular formula is C20H26F3N5O2. The lowest BCUT2D eigenvalue weighted by Crippen LogP contribution is -2.41. The lowest BCUT2D eigenvalue weighted by Gasteiger charge is -2.35. The molecule has 1 fully saturated rings. The molecule has 0 aromatic carbocycles. The molecule has 2 aliphatic heterocycles. The second-order valence-corrected chi connectivity index (χ2v) is 8.46. The molecule has 0 spiro atoms. The maximum Gasteiger partial charge on any atom is 0.410 e. The summed E-state index contributed by atoms with van der Waals surface area (Å²) in [6.45, 7) is 6.63. The summed E-state index contributed by atoms with van der Waals surface area (Å²) in [4.78, 5) is 14.3. The SMILES string of the molecule is CCc1cc(C(=O)N2CCC(c3cc4n(n3)[C@@H](C(F)(F)F)C[C@@H](C(C)C)N4)C2)on1. The first kappa shape index (κ1) is 20.7. The van der Waals surface area contributed by atoms with Crippen LogP contribution in [0.5, 0.6) is 0 Å². The topological polar surface area (TPSA) is 76.2 Å². The van der Waals surface area contributed by atoms with Crippen LogP contribution in [0.2, 0.25) is 0 Å². The van der Waals surface area contributed by atoms with E-state index in [1.54, 1.807) is 17.0 Å². The number of rotatable bonds is 4. The average molecular weight is 425 g/mol. The summed E-state index contributed by atoms with van der Waals surface area (Å²) < 4.78 is 47.2. The van der Waals surface area contributed by atoms with Gasteiger partial charge in [-0.05, 0) is 25.2 Å². The highest BCUT2D eigenvalue weighted by atomic mass is 19.4. The number of carbonyl (C=O) groups excluding carboxylic acids is 1. The van der Waals surface area contributed by atoms with Crippen molar-refractivity contribution in [3.8, 4) is 0 Å². The van der Waals surface area contributed by atoms with Crippen molar-refractivity contribution in [1.82, 2.24) is 19.8 Å². The number of anilines is 1. The summed E-state index contributed by atoms with van der Waals surface area (Å²) in [5, 5.41) is 11.4. The van der Waals surface area contributed by atoms with Crippen LogP contribution in [0.1, 0.15) is 67.5 Å². The van der Waals surface area contributed by atoms with E-state index in [-0.39, 0.29) is 36.0 Å². The van der Waals surface area contributed by atoms with E-state index in [0.717, 1.165) is 4.68 Å². The molecule has 4 rings (SSSR count). The molecule has 2 aromatic rings. The number of carbonyl (C=O) groups is 1. The highest BCUT2D eigenvalue weighted by Crippen LogP contribution is 2.42. The molecular weight excluding hydrogens is 399 g/mol. The maximum absolute atomic E-state index is 13.7. The summed E-state index contributed by atoms with van der Waals surface area (Å²) in [7, 11) is 0. The number of nitrogens with zero attached hydrogens (tertiary/aromatic N) is 4. The van der Waals surface area contributed by atoms with Crippen LogP contribution in [0.25, 0.3) is 0 Å². The highest BCUT2D eigenvalue weighted by Gasteiger charge is 2.47. The molecule has 7 nitrogen and oxygen atoms in total. The van der Waals surface area contributed by atoms with Gasteiger partial charge in [0.2, 0.25) is 5.76 Å². The number of fused-ring (bicyclic) bond motifs is 1. The number of hydrogen-bond acceptors (Lipinski definition) is 5. The molecule has 30 heavy (non-hydrogen) atoms. The highest BCUT2D eigenvalue weighted by molar-refractivity contribution is 5.91. The van der Waals surface area contributed by atoms with E-state index < -0.39 is 12.2 Å². The number of alkyl halides is 3. The van der Waals surface area contributed by atoms with Gasteiger partial charge in [-0.3, -0.25) is 4.79 Å². The minimum absolute atomic E-state index is 0.0458. The Morgan fingerprint density at radius 2 is 2.13 bits per heavy atom. The lowest BCUT2D eigenvalue weighted by molar-refractivity contribution is -0.174. The Hall–Kier alpha value is -2.52. The smallest absolute Gasteiger partial charge is 0.367 e. The third-order valence-corrected chi connectivity index (χ3v) is 6.07. The number of aromatic nitrogens is 3. The first-order valence-electron chi connectivity index (χ1n) is 10.3. The van der Waals surface area contributed by atoms with Crippen molar-refractivity contribution < 1.29 is 22.5 Å². The molecule has 164 valence electrons. The van der Waals surface area contributed by atoms with Crippen LogP contribution in [0, 0.1) is 5.92 Å². The number of amides is 1. The van der Waals surface area contributed by atoms with E-state index in [9.17, 15) is 18.0 Å². The average Bonchev–Trinajstić information content (AvgIpc) is 3.43. The molecule has 10 heteroatoms. The van der Waals surface area contributed by atoms with E-state index in [1.807, 2.05) is 20.8 Å². The van der Waals surface area contributed by atoms with Crippen molar-refractivity contribution in [3.05, 3.63) is 29.3 Å². The Kier molecular flexibility index (Phi) is 5.27. The Morgan fingerprint density at radius 3 is 2.77 bits per heavy atom. The zero-order valence-corrected chi connectivity index (χ0v) is 17.2. The monoisotopic (exact) mass is 425 g/mol. The Balaban J connectivity index is 1.53. The minimum Gasteiger partial charge on any atom is -0.367 e. The Labute approximate surface area is 172 Å². The lowest BCUT2D eigenvalue weighted by atomic mass is 9.94. The van der Waals surface area contributed by atoms with E-state index >= 15 is 0 Å². The predicted octanol–water partition coefficient (Wildman–Crippen LogP) is 4.01. The molecule has 1 unspecified atom stereocenters. The molecule has 2 aliphatic rings. The normalized spacial score (nSPS) is 24.2. The van der Waals surface area contributed by atoms with Crippen molar-refractivity contribution in [2.75, 3.05) is 18.4 Å². The van der Waals surface area contributed by atoms with Gasteiger partial charge in [0, 0.05) is 37.2 Å². The van der Waals surface area contributed by atoms with Gasteiger partial charge in [-0.15, -0.1) is 0 Å². The van der Waals surface area contributed by atoms with Gasteiger partial charge >= 0.3 is 6.18 Å². The van der Waals surface area contributed by atoms with E-state index in [2.05, 4.69) is 15.6 Å². The molecule has 4 heterocycles. The molecule has 1 saturated heterocycles. The predicted molar refractivity (Wildman–Crippen MR) is 103 cm³/mol. The van der Waals surface area contributed by atoms with E-state index in [0.29, 0.717) is 43.1 Å². The van der Waals surface area contributed by atoms with Crippen LogP contribution in [0.15, 0.2) is 16.7 Å². The van der Waals surface area contributed by atoms with Gasteiger partial charge in [0.15, 0.2) is 6.04 Å². The number of aryl methyl sites for hydroxylation is 1. The number of halogens is 3. The summed E-state index contributed by atoms with van der Waals surface area (Å²) in [6.07, 6.45) is -3.10. The van der Waals surface area contributed by atoms with Crippen molar-refractivity contribution in [3.63, 3.8) is 0 Å². The van der Waals surface area contributed by atoms with Crippen LogP contribution < -0.4 is 5.32 Å². The van der Waals surface area contributed by atoms with Gasteiger partial charge in [0.25, 0.3) is 5.91 Å². The molecule has 2 aromatic heterocycles. The molecule has 3 atom stereocenters. The molecule has 0 radical (unpaired) electrons. The summed E-state index contributed by atoms with van der Waals surface area (Å²) in [5.41, 5.74) is 1.29. The standard InChI is InChI=1S/C20H26F3N5O2/c1-4-13-7-16(30-26-13)19(29)27-6-5-12(10-27)15-9-18-24-14(11(2)3)8-17(20(21,22)23)28(18)25-15/h7,9,11-12,14,17,24H,4-6,8,10H2,1-3H3/t12?,14-,17+/m0/s1. The van der Waals surface area contributed by atoms with Crippen LogP contribution in [-0.4, -0.2) is 51.1 Å². The quantitative estimate of drug-likeness (QED) is 0.801. The van der Waals surface area contributed by atoms with Gasteiger partial charge in [0.05, 0.1) is 11.4 Å². The van der Waals surface area contributed by atoms with Crippen LogP contribution in [-0.2, 0) is 6.42 Å². The zero-order chi connectivity index (χ0) is 21.6. The van der Waals surface area contributed by atoms with Gasteiger partial charge in [-0.2, -0.15) is 18.3 Å². The van der Waals surface area contributed by atoms with Gasteiger partial charge in [-0.1, -0.05) is 25.9 Å². The largest absolute Gasteiger partial charge is 0.410 e. The van der Waals surface area contributed by atoms with Crippen LogP contribution >= 0.6 is 0 Å². The number of hydrogen-bond donors (Lipinski definition) is 1. The van der Waals surface area contributed by atoms with E-state index in [4.69, 9.17) is 4.52 Å². The zero-order valence-electron chi connectivity index (χ0n) is 17.2. The van der Waals surface area contributed by atoms with Crippen LogP contribution in [0.3, 0.4) is 0 Å². The second kappa shape index (κ2) is 7.63. The number of likely N-dealkylation sites (tertiary alicyclic amines) is 1. The number of nitrogens with one attached hydrogen (secondary N) is 1. The van der Waals surface area contributed by atoms with Crippen molar-refractivity contribution in [2.45, 2.75) is 64.2 Å². The third-order valence-electron chi connectivity index (χ3n) is 6.07. The summed E-state index contributed by atoms with van der Waals surface area (Å²) in [6, 6.07) is 1.43. The van der Waals surface area contributed by atoms with Crippen molar-refractivity contribution in [2.24, 2.45) is 5.92 Å². The molecule has 0 aliphatic carbocycles. The van der Waals surface area contributed by atoms with Crippen molar-refractivity contribution >= 4 is 11.7 Å². The maximum atomic E-state index is 13.7. The molecule has 0 saturated carbocycles. The second-order valence-electron chi connectivity index (χ2n) is 8.46. The third kappa shape index (κ3) is 3.79. The fourth-order valence-corrected chi connectivity index (χ4v) is 4.18. The Bertz CT molecular complexity index is 920. The minimum atomic E-state index is -4.37. The van der Waals surface area contributed by atoms with Crippen LogP contribution in [0.4, 0.5) is 19.0 Å². The van der Waals surface area contributed by atoms with Gasteiger partial charge in [-0.25, -0.2) is 4.68 Å². The summed E-state index contributed by atoms with van der Waals surface area (Å²) in [5.74, 6) is 0.283. The summed E-state index contributed by atoms with van der Waals surface area (Å²) >= 11 is 0. The first-order chi connectivity index (χ1) is 14.2. The first-order valence-corrected chi connectivity index (χ1v) is 10.3. The van der Waals surface area contributed by atoms with Gasteiger partial charge < -0.3 is 14.7 Å². The molecule has 1 amide bonds. The Morgan fingerprint density at radius 1 is 1.37 bits per heavy atom.